The minimum absolute atomic E-state index is 0.101. The molecule has 6 heteroatoms. The van der Waals surface area contributed by atoms with Crippen LogP contribution in [0.3, 0.4) is 0 Å². The second-order valence-corrected chi connectivity index (χ2v) is 7.05. The zero-order valence-electron chi connectivity index (χ0n) is 13.4. The first-order valence-electron chi connectivity index (χ1n) is 8.17. The number of benzene rings is 1. The number of anilines is 1. The maximum atomic E-state index is 11.1. The van der Waals surface area contributed by atoms with Crippen molar-refractivity contribution in [3.8, 4) is 5.75 Å². The van der Waals surface area contributed by atoms with Crippen molar-refractivity contribution in [1.82, 2.24) is 0 Å². The van der Waals surface area contributed by atoms with E-state index in [-0.39, 0.29) is 12.2 Å². The molecular weight excluding hydrogens is 324 g/mol. The molecule has 1 aliphatic rings. The first-order chi connectivity index (χ1) is 11.6. The van der Waals surface area contributed by atoms with Gasteiger partial charge in [-0.3, -0.25) is 4.79 Å². The molecule has 1 fully saturated rings. The molecule has 2 atom stereocenters. The second-order valence-electron chi connectivity index (χ2n) is 6.05. The molecule has 1 aromatic heterocycles. The lowest BCUT2D eigenvalue weighted by molar-refractivity contribution is 0.00688. The largest absolute Gasteiger partial charge is 0.488 e. The van der Waals surface area contributed by atoms with E-state index in [0.717, 1.165) is 42.0 Å². The lowest BCUT2D eigenvalue weighted by Crippen LogP contribution is -2.34. The van der Waals surface area contributed by atoms with Gasteiger partial charge in [-0.1, -0.05) is 6.42 Å². The molecule has 3 rings (SSSR count). The Hall–Kier alpha value is -2.05. The number of carbonyl (C=O) groups excluding carboxylic acids is 1. The molecule has 4 N–H and O–H groups in total. The third-order valence-electron chi connectivity index (χ3n) is 4.21. The van der Waals surface area contributed by atoms with Gasteiger partial charge in [0.2, 0.25) is 5.91 Å². The van der Waals surface area contributed by atoms with Crippen molar-refractivity contribution in [1.29, 1.82) is 0 Å². The molecule has 1 aromatic carbocycles. The van der Waals surface area contributed by atoms with Crippen LogP contribution in [-0.4, -0.2) is 23.2 Å². The Balaban J connectivity index is 1.53. The van der Waals surface area contributed by atoms with Crippen LogP contribution in [0.25, 0.3) is 0 Å². The predicted molar refractivity (Wildman–Crippen MR) is 95.5 cm³/mol. The van der Waals surface area contributed by atoms with Gasteiger partial charge in [-0.2, -0.15) is 0 Å². The van der Waals surface area contributed by atoms with Crippen LogP contribution >= 0.6 is 11.3 Å². The Morgan fingerprint density at radius 3 is 2.71 bits per heavy atom. The monoisotopic (exact) mass is 346 g/mol. The van der Waals surface area contributed by atoms with Crippen LogP contribution in [0, 0.1) is 0 Å². The molecule has 0 aliphatic heterocycles. The van der Waals surface area contributed by atoms with E-state index in [9.17, 15) is 9.90 Å². The van der Waals surface area contributed by atoms with Crippen LogP contribution < -0.4 is 15.8 Å². The third kappa shape index (κ3) is 4.27. The van der Waals surface area contributed by atoms with Gasteiger partial charge in [0.05, 0.1) is 11.7 Å². The maximum absolute atomic E-state index is 11.1. The summed E-state index contributed by atoms with van der Waals surface area (Å²) < 4.78 is 5.89. The van der Waals surface area contributed by atoms with Crippen molar-refractivity contribution in [2.75, 3.05) is 5.32 Å². The summed E-state index contributed by atoms with van der Waals surface area (Å²) >= 11 is 1.51. The number of carbonyl (C=O) groups is 1. The zero-order valence-corrected chi connectivity index (χ0v) is 14.2. The lowest BCUT2D eigenvalue weighted by Gasteiger charge is -2.28. The highest BCUT2D eigenvalue weighted by atomic mass is 32.1. The molecule has 1 heterocycles. The first-order valence-corrected chi connectivity index (χ1v) is 9.05. The van der Waals surface area contributed by atoms with Gasteiger partial charge < -0.3 is 20.9 Å². The van der Waals surface area contributed by atoms with Gasteiger partial charge in [-0.15, -0.1) is 11.3 Å². The topological polar surface area (TPSA) is 84.6 Å². The highest BCUT2D eigenvalue weighted by Crippen LogP contribution is 2.25. The average Bonchev–Trinajstić information content (AvgIpc) is 3.06. The number of hydrogen-bond donors (Lipinski definition) is 3. The van der Waals surface area contributed by atoms with Crippen LogP contribution in [0.15, 0.2) is 35.7 Å². The van der Waals surface area contributed by atoms with E-state index in [1.807, 2.05) is 30.3 Å². The van der Waals surface area contributed by atoms with Crippen molar-refractivity contribution in [2.24, 2.45) is 5.73 Å². The molecule has 0 bridgehead atoms. The number of nitrogens with two attached hydrogens (primary N) is 1. The van der Waals surface area contributed by atoms with Gasteiger partial charge in [0.15, 0.2) is 0 Å². The summed E-state index contributed by atoms with van der Waals surface area (Å²) in [5.41, 5.74) is 6.77. The number of hydrogen-bond acceptors (Lipinski definition) is 5. The SMILES string of the molecule is NC(=O)c1csc(CNc2ccc(OC3CCCCC3O)cc2)c1. The molecule has 1 saturated carbocycles. The fraction of sp³-hybridized carbons (Fsp3) is 0.389. The summed E-state index contributed by atoms with van der Waals surface area (Å²) in [5.74, 6) is 0.377. The molecular formula is C18H22N2O3S. The number of ether oxygens (including phenoxy) is 1. The number of aliphatic hydroxyl groups is 1. The van der Waals surface area contributed by atoms with Gasteiger partial charge in [-0.05, 0) is 49.6 Å². The average molecular weight is 346 g/mol. The Morgan fingerprint density at radius 1 is 1.29 bits per heavy atom. The van der Waals surface area contributed by atoms with Gasteiger partial charge >= 0.3 is 0 Å². The van der Waals surface area contributed by atoms with Gasteiger partial charge in [-0.25, -0.2) is 0 Å². The fourth-order valence-electron chi connectivity index (χ4n) is 2.83. The van der Waals surface area contributed by atoms with E-state index in [1.165, 1.54) is 11.3 Å². The van der Waals surface area contributed by atoms with Gasteiger partial charge in [0.25, 0.3) is 0 Å². The second kappa shape index (κ2) is 7.68. The Bertz CT molecular complexity index is 684. The molecule has 0 saturated heterocycles. The molecule has 24 heavy (non-hydrogen) atoms. The van der Waals surface area contributed by atoms with E-state index in [2.05, 4.69) is 5.32 Å². The smallest absolute Gasteiger partial charge is 0.249 e. The molecule has 1 amide bonds. The molecule has 1 aliphatic carbocycles. The summed E-state index contributed by atoms with van der Waals surface area (Å²) in [6.07, 6.45) is 3.44. The standard InChI is InChI=1S/C18H22N2O3S/c19-18(22)12-9-15(24-11-12)10-20-13-5-7-14(8-6-13)23-17-4-2-1-3-16(17)21/h5-9,11,16-17,20-21H,1-4,10H2,(H2,19,22). The van der Waals surface area contributed by atoms with Crippen LogP contribution in [0.4, 0.5) is 5.69 Å². The molecule has 2 unspecified atom stereocenters. The minimum atomic E-state index is -0.399. The lowest BCUT2D eigenvalue weighted by atomic mass is 9.95. The number of primary amides is 1. The van der Waals surface area contributed by atoms with E-state index in [4.69, 9.17) is 10.5 Å². The molecule has 2 aromatic rings. The van der Waals surface area contributed by atoms with E-state index in [1.54, 1.807) is 5.38 Å². The normalized spacial score (nSPS) is 20.5. The summed E-state index contributed by atoms with van der Waals surface area (Å²) in [6.45, 7) is 0.638. The molecule has 0 radical (unpaired) electrons. The first kappa shape index (κ1) is 16.8. The molecule has 5 nitrogen and oxygen atoms in total. The van der Waals surface area contributed by atoms with Crippen molar-refractivity contribution < 1.29 is 14.6 Å². The molecule has 0 spiro atoms. The van der Waals surface area contributed by atoms with Crippen LogP contribution in [-0.2, 0) is 6.54 Å². The Labute approximate surface area is 145 Å². The Morgan fingerprint density at radius 2 is 2.04 bits per heavy atom. The predicted octanol–water partition coefficient (Wildman–Crippen LogP) is 3.14. The summed E-state index contributed by atoms with van der Waals surface area (Å²) in [5, 5.41) is 15.0. The van der Waals surface area contributed by atoms with Crippen LogP contribution in [0.2, 0.25) is 0 Å². The van der Waals surface area contributed by atoms with E-state index >= 15 is 0 Å². The van der Waals surface area contributed by atoms with Crippen LogP contribution in [0.1, 0.15) is 40.9 Å². The quantitative estimate of drug-likeness (QED) is 0.750. The van der Waals surface area contributed by atoms with Gasteiger partial charge in [0, 0.05) is 22.5 Å². The third-order valence-corrected chi connectivity index (χ3v) is 5.15. The highest BCUT2D eigenvalue weighted by molar-refractivity contribution is 7.10. The van der Waals surface area contributed by atoms with Crippen molar-refractivity contribution in [3.05, 3.63) is 46.2 Å². The van der Waals surface area contributed by atoms with E-state index < -0.39 is 5.91 Å². The number of rotatable bonds is 6. The summed E-state index contributed by atoms with van der Waals surface area (Å²) in [4.78, 5) is 12.1. The zero-order chi connectivity index (χ0) is 16.9. The van der Waals surface area contributed by atoms with Crippen LogP contribution in [0.5, 0.6) is 5.75 Å². The van der Waals surface area contributed by atoms with E-state index in [0.29, 0.717) is 12.1 Å². The fourth-order valence-corrected chi connectivity index (χ4v) is 3.65. The highest BCUT2D eigenvalue weighted by Gasteiger charge is 2.24. The Kier molecular flexibility index (Phi) is 5.37. The van der Waals surface area contributed by atoms with Gasteiger partial charge in [0.1, 0.15) is 11.9 Å². The maximum Gasteiger partial charge on any atom is 0.249 e. The number of amides is 1. The number of aliphatic hydroxyl groups excluding tert-OH is 1. The number of thiophene rings is 1. The molecule has 128 valence electrons. The van der Waals surface area contributed by atoms with Crippen molar-refractivity contribution in [2.45, 2.75) is 44.4 Å². The number of nitrogens with one attached hydrogen (secondary N) is 1. The summed E-state index contributed by atoms with van der Waals surface area (Å²) in [6, 6.07) is 9.53. The van der Waals surface area contributed by atoms with Crippen molar-refractivity contribution in [3.63, 3.8) is 0 Å². The summed E-state index contributed by atoms with van der Waals surface area (Å²) in [7, 11) is 0. The van der Waals surface area contributed by atoms with Crippen molar-refractivity contribution >= 4 is 22.9 Å². The minimum Gasteiger partial charge on any atom is -0.488 e.